The first-order valence-corrected chi connectivity index (χ1v) is 4.56. The lowest BCUT2D eigenvalue weighted by Crippen LogP contribution is -2.15. The number of rotatable bonds is 2. The van der Waals surface area contributed by atoms with Crippen molar-refractivity contribution in [2.75, 3.05) is 5.73 Å². The highest BCUT2D eigenvalue weighted by atomic mass is 16.3. The van der Waals surface area contributed by atoms with Gasteiger partial charge in [0, 0.05) is 0 Å². The van der Waals surface area contributed by atoms with Crippen LogP contribution in [-0.4, -0.2) is 5.11 Å². The van der Waals surface area contributed by atoms with Gasteiger partial charge in [0.1, 0.15) is 5.75 Å². The summed E-state index contributed by atoms with van der Waals surface area (Å²) in [5, 5.41) is 9.43. The number of phenols is 1. The van der Waals surface area contributed by atoms with Crippen molar-refractivity contribution in [2.24, 2.45) is 0 Å². The van der Waals surface area contributed by atoms with Crippen LogP contribution in [0, 0.1) is 0 Å². The molecular formula is C11H17NO. The van der Waals surface area contributed by atoms with E-state index in [9.17, 15) is 5.11 Å². The van der Waals surface area contributed by atoms with Crippen LogP contribution in [0.4, 0.5) is 5.69 Å². The quantitative estimate of drug-likeness (QED) is 0.541. The van der Waals surface area contributed by atoms with Crippen molar-refractivity contribution in [3.05, 3.63) is 23.8 Å². The van der Waals surface area contributed by atoms with Gasteiger partial charge in [0.15, 0.2) is 0 Å². The normalized spacial score (nSPS) is 11.6. The summed E-state index contributed by atoms with van der Waals surface area (Å²) in [6.07, 6.45) is 1.04. The molecule has 0 spiro atoms. The first-order valence-electron chi connectivity index (χ1n) is 4.56. The Balaban J connectivity index is 3.10. The zero-order valence-corrected chi connectivity index (χ0v) is 8.46. The van der Waals surface area contributed by atoms with Crippen LogP contribution in [0.3, 0.4) is 0 Å². The van der Waals surface area contributed by atoms with Gasteiger partial charge in [-0.05, 0) is 29.5 Å². The van der Waals surface area contributed by atoms with Crippen LogP contribution in [0.25, 0.3) is 0 Å². The summed E-state index contributed by atoms with van der Waals surface area (Å²) < 4.78 is 0. The fourth-order valence-corrected chi connectivity index (χ4v) is 1.17. The molecule has 0 unspecified atom stereocenters. The second-order valence-corrected chi connectivity index (χ2v) is 4.01. The molecule has 0 heterocycles. The van der Waals surface area contributed by atoms with Crippen LogP contribution in [0.2, 0.25) is 0 Å². The van der Waals surface area contributed by atoms with Crippen molar-refractivity contribution in [1.29, 1.82) is 0 Å². The number of hydrogen-bond acceptors (Lipinski definition) is 2. The fraction of sp³-hybridized carbons (Fsp3) is 0.455. The van der Waals surface area contributed by atoms with E-state index in [0.717, 1.165) is 12.0 Å². The Kier molecular flexibility index (Phi) is 2.50. The van der Waals surface area contributed by atoms with Crippen LogP contribution in [0.5, 0.6) is 5.75 Å². The molecule has 0 atom stereocenters. The van der Waals surface area contributed by atoms with E-state index in [1.165, 1.54) is 0 Å². The number of nitrogen functional groups attached to an aromatic ring is 1. The molecule has 0 saturated carbocycles. The molecule has 3 N–H and O–H groups in total. The SMILES string of the molecule is CCC(C)(C)c1ccc(N)c(O)c1. The van der Waals surface area contributed by atoms with Gasteiger partial charge in [0.25, 0.3) is 0 Å². The van der Waals surface area contributed by atoms with Gasteiger partial charge in [-0.25, -0.2) is 0 Å². The van der Waals surface area contributed by atoms with E-state index in [1.807, 2.05) is 6.07 Å². The van der Waals surface area contributed by atoms with Crippen LogP contribution in [0.15, 0.2) is 18.2 Å². The van der Waals surface area contributed by atoms with Gasteiger partial charge in [-0.3, -0.25) is 0 Å². The third-order valence-corrected chi connectivity index (χ3v) is 2.70. The van der Waals surface area contributed by atoms with E-state index in [4.69, 9.17) is 5.73 Å². The fourth-order valence-electron chi connectivity index (χ4n) is 1.17. The number of hydrogen-bond donors (Lipinski definition) is 2. The summed E-state index contributed by atoms with van der Waals surface area (Å²) in [7, 11) is 0. The van der Waals surface area contributed by atoms with Crippen molar-refractivity contribution in [2.45, 2.75) is 32.6 Å². The molecule has 13 heavy (non-hydrogen) atoms. The highest BCUT2D eigenvalue weighted by Gasteiger charge is 2.18. The summed E-state index contributed by atoms with van der Waals surface area (Å²) in [6, 6.07) is 5.47. The Morgan fingerprint density at radius 2 is 2.00 bits per heavy atom. The third kappa shape index (κ3) is 1.94. The average molecular weight is 179 g/mol. The second kappa shape index (κ2) is 3.29. The zero-order chi connectivity index (χ0) is 10.1. The molecule has 0 aliphatic carbocycles. The van der Waals surface area contributed by atoms with E-state index in [-0.39, 0.29) is 11.2 Å². The first-order chi connectivity index (χ1) is 5.97. The van der Waals surface area contributed by atoms with Crippen molar-refractivity contribution >= 4 is 5.69 Å². The Morgan fingerprint density at radius 1 is 1.38 bits per heavy atom. The maximum Gasteiger partial charge on any atom is 0.138 e. The van der Waals surface area contributed by atoms with Crippen LogP contribution >= 0.6 is 0 Å². The van der Waals surface area contributed by atoms with Gasteiger partial charge in [-0.1, -0.05) is 26.8 Å². The van der Waals surface area contributed by atoms with Crippen molar-refractivity contribution in [3.8, 4) is 5.75 Å². The smallest absolute Gasteiger partial charge is 0.138 e. The molecule has 2 nitrogen and oxygen atoms in total. The number of anilines is 1. The van der Waals surface area contributed by atoms with Gasteiger partial charge in [-0.15, -0.1) is 0 Å². The molecule has 0 fully saturated rings. The summed E-state index contributed by atoms with van der Waals surface area (Å²) in [5.41, 5.74) is 7.19. The predicted octanol–water partition coefficient (Wildman–Crippen LogP) is 2.66. The molecule has 0 bridgehead atoms. The Morgan fingerprint density at radius 3 is 2.46 bits per heavy atom. The number of aromatic hydroxyl groups is 1. The number of phenolic OH excluding ortho intramolecular Hbond substituents is 1. The number of benzene rings is 1. The Hall–Kier alpha value is -1.18. The van der Waals surface area contributed by atoms with Crippen LogP contribution < -0.4 is 5.73 Å². The second-order valence-electron chi connectivity index (χ2n) is 4.01. The topological polar surface area (TPSA) is 46.2 Å². The van der Waals surface area contributed by atoms with E-state index >= 15 is 0 Å². The molecule has 1 aromatic rings. The molecule has 72 valence electrons. The highest BCUT2D eigenvalue weighted by Crippen LogP contribution is 2.31. The minimum Gasteiger partial charge on any atom is -0.506 e. The van der Waals surface area contributed by atoms with Crippen molar-refractivity contribution in [3.63, 3.8) is 0 Å². The standard InChI is InChI=1S/C11H17NO/c1-4-11(2,3)8-5-6-9(12)10(13)7-8/h5-7,13H,4,12H2,1-3H3. The average Bonchev–Trinajstić information content (AvgIpc) is 2.09. The minimum absolute atomic E-state index is 0.102. The molecule has 2 heteroatoms. The molecule has 0 aromatic heterocycles. The van der Waals surface area contributed by atoms with Crippen molar-refractivity contribution in [1.82, 2.24) is 0 Å². The Bertz CT molecular complexity index is 305. The maximum absolute atomic E-state index is 9.43. The maximum atomic E-state index is 9.43. The zero-order valence-electron chi connectivity index (χ0n) is 8.46. The van der Waals surface area contributed by atoms with E-state index in [1.54, 1.807) is 12.1 Å². The molecular weight excluding hydrogens is 162 g/mol. The molecule has 0 aliphatic heterocycles. The lowest BCUT2D eigenvalue weighted by Gasteiger charge is -2.23. The number of nitrogens with two attached hydrogens (primary N) is 1. The molecule has 1 rings (SSSR count). The summed E-state index contributed by atoms with van der Waals surface area (Å²) in [5.74, 6) is 0.180. The third-order valence-electron chi connectivity index (χ3n) is 2.70. The first kappa shape index (κ1) is 9.90. The van der Waals surface area contributed by atoms with Gasteiger partial charge >= 0.3 is 0 Å². The molecule has 0 radical (unpaired) electrons. The molecule has 1 aromatic carbocycles. The summed E-state index contributed by atoms with van der Waals surface area (Å²) >= 11 is 0. The lowest BCUT2D eigenvalue weighted by molar-refractivity contribution is 0.467. The minimum atomic E-state index is 0.102. The molecule has 0 aliphatic rings. The molecule has 0 amide bonds. The Labute approximate surface area is 79.4 Å². The van der Waals surface area contributed by atoms with Gasteiger partial charge in [-0.2, -0.15) is 0 Å². The van der Waals surface area contributed by atoms with Gasteiger partial charge in [0.2, 0.25) is 0 Å². The largest absolute Gasteiger partial charge is 0.506 e. The predicted molar refractivity (Wildman–Crippen MR) is 55.8 cm³/mol. The highest BCUT2D eigenvalue weighted by molar-refractivity contribution is 5.53. The van der Waals surface area contributed by atoms with Crippen molar-refractivity contribution < 1.29 is 5.11 Å². The van der Waals surface area contributed by atoms with E-state index in [0.29, 0.717) is 5.69 Å². The lowest BCUT2D eigenvalue weighted by atomic mass is 9.82. The van der Waals surface area contributed by atoms with E-state index < -0.39 is 0 Å². The van der Waals surface area contributed by atoms with Gasteiger partial charge in [0.05, 0.1) is 5.69 Å². The summed E-state index contributed by atoms with van der Waals surface area (Å²) in [4.78, 5) is 0. The molecule has 0 saturated heterocycles. The monoisotopic (exact) mass is 179 g/mol. The van der Waals surface area contributed by atoms with Gasteiger partial charge < -0.3 is 10.8 Å². The van der Waals surface area contributed by atoms with E-state index in [2.05, 4.69) is 20.8 Å². The van der Waals surface area contributed by atoms with Crippen LogP contribution in [-0.2, 0) is 5.41 Å². The summed E-state index contributed by atoms with van der Waals surface area (Å²) in [6.45, 7) is 6.43. The van der Waals surface area contributed by atoms with Crippen LogP contribution in [0.1, 0.15) is 32.8 Å².